The van der Waals surface area contributed by atoms with Crippen LogP contribution in [0.3, 0.4) is 0 Å². The average Bonchev–Trinajstić information content (AvgIpc) is 2.87. The molecule has 1 heterocycles. The second kappa shape index (κ2) is 10.6. The first-order valence-corrected chi connectivity index (χ1v) is 11.9. The summed E-state index contributed by atoms with van der Waals surface area (Å²) in [7, 11) is 0. The first kappa shape index (κ1) is 23.6. The van der Waals surface area contributed by atoms with Crippen LogP contribution in [0.25, 0.3) is 0 Å². The van der Waals surface area contributed by atoms with E-state index >= 15 is 0 Å². The summed E-state index contributed by atoms with van der Waals surface area (Å²) < 4.78 is 6.04. The average molecular weight is 457 g/mol. The molecule has 0 saturated heterocycles. The summed E-state index contributed by atoms with van der Waals surface area (Å²) in [6.45, 7) is 6.87. The number of aryl methyl sites for hydroxylation is 1. The molecule has 2 amide bonds. The van der Waals surface area contributed by atoms with Gasteiger partial charge in [-0.15, -0.1) is 0 Å². The Bertz CT molecular complexity index is 1140. The van der Waals surface area contributed by atoms with Crippen LogP contribution in [-0.4, -0.2) is 29.4 Å². The fourth-order valence-electron chi connectivity index (χ4n) is 4.43. The molecule has 3 aromatic rings. The van der Waals surface area contributed by atoms with Gasteiger partial charge in [0.1, 0.15) is 5.75 Å². The van der Waals surface area contributed by atoms with Crippen LogP contribution in [0.2, 0.25) is 0 Å². The minimum Gasteiger partial charge on any atom is -0.481 e. The van der Waals surface area contributed by atoms with E-state index in [1.807, 2.05) is 54.3 Å². The van der Waals surface area contributed by atoms with Crippen LogP contribution < -0.4 is 10.1 Å². The second-order valence-corrected chi connectivity index (χ2v) is 8.83. The molecule has 1 N–H and O–H groups in total. The van der Waals surface area contributed by atoms with E-state index in [2.05, 4.69) is 42.6 Å². The van der Waals surface area contributed by atoms with E-state index in [4.69, 9.17) is 4.74 Å². The Morgan fingerprint density at radius 2 is 1.79 bits per heavy atom. The van der Waals surface area contributed by atoms with Gasteiger partial charge < -0.3 is 15.0 Å². The van der Waals surface area contributed by atoms with Gasteiger partial charge in [0.05, 0.1) is 6.04 Å². The van der Waals surface area contributed by atoms with Crippen molar-refractivity contribution in [2.45, 2.75) is 52.3 Å². The van der Waals surface area contributed by atoms with Crippen LogP contribution >= 0.6 is 0 Å². The molecule has 3 aromatic carbocycles. The van der Waals surface area contributed by atoms with Crippen LogP contribution in [0.15, 0.2) is 72.8 Å². The highest BCUT2D eigenvalue weighted by Gasteiger charge is 2.32. The lowest BCUT2D eigenvalue weighted by molar-refractivity contribution is -0.133. The molecule has 0 bridgehead atoms. The lowest BCUT2D eigenvalue weighted by atomic mass is 9.87. The molecule has 2 atom stereocenters. The van der Waals surface area contributed by atoms with Gasteiger partial charge in [0.2, 0.25) is 5.91 Å². The van der Waals surface area contributed by atoms with Crippen LogP contribution in [0, 0.1) is 6.92 Å². The number of amides is 2. The van der Waals surface area contributed by atoms with Gasteiger partial charge >= 0.3 is 0 Å². The van der Waals surface area contributed by atoms with Crippen LogP contribution in [0.5, 0.6) is 5.75 Å². The van der Waals surface area contributed by atoms with Gasteiger partial charge in [-0.2, -0.15) is 0 Å². The molecule has 34 heavy (non-hydrogen) atoms. The summed E-state index contributed by atoms with van der Waals surface area (Å²) in [5.41, 5.74) is 5.57. The number of ether oxygens (including phenoxy) is 1. The fourth-order valence-corrected chi connectivity index (χ4v) is 4.43. The molecular formula is C29H32N2O3. The van der Waals surface area contributed by atoms with Crippen molar-refractivity contribution in [2.24, 2.45) is 0 Å². The summed E-state index contributed by atoms with van der Waals surface area (Å²) in [6, 6.07) is 24.0. The van der Waals surface area contributed by atoms with Gasteiger partial charge in [-0.25, -0.2) is 0 Å². The van der Waals surface area contributed by atoms with Gasteiger partial charge in [0, 0.05) is 19.5 Å². The number of rotatable bonds is 7. The third-order valence-electron chi connectivity index (χ3n) is 6.35. The second-order valence-electron chi connectivity index (χ2n) is 8.83. The minimum atomic E-state index is -0.642. The quantitative estimate of drug-likeness (QED) is 0.547. The van der Waals surface area contributed by atoms with Crippen molar-refractivity contribution < 1.29 is 14.3 Å². The summed E-state index contributed by atoms with van der Waals surface area (Å²) in [6.07, 6.45) is 0.625. The molecule has 1 aliphatic heterocycles. The summed E-state index contributed by atoms with van der Waals surface area (Å²) in [5.74, 6) is 0.597. The van der Waals surface area contributed by atoms with Gasteiger partial charge in [-0.05, 0) is 54.7 Å². The van der Waals surface area contributed by atoms with Crippen molar-refractivity contribution >= 4 is 11.8 Å². The molecule has 0 unspecified atom stereocenters. The van der Waals surface area contributed by atoms with Gasteiger partial charge in [0.15, 0.2) is 6.10 Å². The normalized spacial score (nSPS) is 15.9. The zero-order valence-corrected chi connectivity index (χ0v) is 20.1. The Balaban J connectivity index is 1.55. The topological polar surface area (TPSA) is 58.6 Å². The monoisotopic (exact) mass is 456 g/mol. The number of nitrogens with one attached hydrogen (secondary N) is 1. The minimum absolute atomic E-state index is 0.135. The third kappa shape index (κ3) is 5.30. The van der Waals surface area contributed by atoms with Gasteiger partial charge in [-0.3, -0.25) is 9.59 Å². The van der Waals surface area contributed by atoms with Crippen LogP contribution in [-0.2, 0) is 22.6 Å². The number of carbonyl (C=O) groups is 2. The standard InChI is InChI=1S/C29H32N2O3/c1-4-27(32)31-17-16-23-14-15-25(18-26(23)28(31)24-12-10-20(2)11-13-24)34-21(3)29(33)30-19-22-8-6-5-7-9-22/h5-15,18,21,28H,4,16-17,19H2,1-3H3,(H,30,33)/t21-,28-/m0/s1. The van der Waals surface area contributed by atoms with E-state index in [1.54, 1.807) is 6.92 Å². The first-order valence-electron chi connectivity index (χ1n) is 11.9. The van der Waals surface area contributed by atoms with E-state index < -0.39 is 6.10 Å². The molecule has 1 aliphatic rings. The number of benzene rings is 3. The van der Waals surface area contributed by atoms with E-state index in [9.17, 15) is 9.59 Å². The molecule has 0 aliphatic carbocycles. The fraction of sp³-hybridized carbons (Fsp3) is 0.310. The number of hydrogen-bond acceptors (Lipinski definition) is 3. The first-order chi connectivity index (χ1) is 16.5. The number of nitrogens with zero attached hydrogens (tertiary/aromatic N) is 1. The van der Waals surface area contributed by atoms with E-state index in [0.717, 1.165) is 23.1 Å². The van der Waals surface area contributed by atoms with Crippen molar-refractivity contribution in [2.75, 3.05) is 6.54 Å². The molecule has 5 heteroatoms. The van der Waals surface area contributed by atoms with Crippen molar-refractivity contribution in [1.29, 1.82) is 0 Å². The Morgan fingerprint density at radius 3 is 2.50 bits per heavy atom. The number of hydrogen-bond donors (Lipinski definition) is 1. The predicted octanol–water partition coefficient (Wildman–Crippen LogP) is 4.96. The molecule has 0 spiro atoms. The molecule has 4 rings (SSSR count). The molecule has 0 aromatic heterocycles. The molecule has 5 nitrogen and oxygen atoms in total. The summed E-state index contributed by atoms with van der Waals surface area (Å²) in [5, 5.41) is 2.93. The Kier molecular flexibility index (Phi) is 7.31. The van der Waals surface area contributed by atoms with Crippen molar-refractivity contribution in [1.82, 2.24) is 10.2 Å². The smallest absolute Gasteiger partial charge is 0.261 e. The third-order valence-corrected chi connectivity index (χ3v) is 6.35. The van der Waals surface area contributed by atoms with Gasteiger partial charge in [-0.1, -0.05) is 73.2 Å². The maximum atomic E-state index is 12.8. The molecule has 0 saturated carbocycles. The predicted molar refractivity (Wildman–Crippen MR) is 134 cm³/mol. The molecule has 0 radical (unpaired) electrons. The van der Waals surface area contributed by atoms with Crippen LogP contribution in [0.4, 0.5) is 0 Å². The Morgan fingerprint density at radius 1 is 1.06 bits per heavy atom. The Hall–Kier alpha value is -3.60. The summed E-state index contributed by atoms with van der Waals surface area (Å²) in [4.78, 5) is 27.4. The van der Waals surface area contributed by atoms with E-state index in [1.165, 1.54) is 11.1 Å². The van der Waals surface area contributed by atoms with Gasteiger partial charge in [0.25, 0.3) is 5.91 Å². The highest BCUT2D eigenvalue weighted by atomic mass is 16.5. The Labute approximate surface area is 201 Å². The number of carbonyl (C=O) groups excluding carboxylic acids is 2. The lowest BCUT2D eigenvalue weighted by Gasteiger charge is -2.38. The summed E-state index contributed by atoms with van der Waals surface area (Å²) >= 11 is 0. The highest BCUT2D eigenvalue weighted by molar-refractivity contribution is 5.80. The zero-order valence-electron chi connectivity index (χ0n) is 20.1. The zero-order chi connectivity index (χ0) is 24.1. The number of fused-ring (bicyclic) bond motifs is 1. The molecule has 0 fully saturated rings. The largest absolute Gasteiger partial charge is 0.481 e. The van der Waals surface area contributed by atoms with E-state index in [0.29, 0.717) is 25.3 Å². The molecular weight excluding hydrogens is 424 g/mol. The maximum Gasteiger partial charge on any atom is 0.261 e. The highest BCUT2D eigenvalue weighted by Crippen LogP contribution is 2.37. The van der Waals surface area contributed by atoms with Crippen molar-refractivity contribution in [3.63, 3.8) is 0 Å². The van der Waals surface area contributed by atoms with Crippen molar-refractivity contribution in [3.05, 3.63) is 101 Å². The van der Waals surface area contributed by atoms with Crippen molar-refractivity contribution in [3.8, 4) is 5.75 Å². The van der Waals surface area contributed by atoms with E-state index in [-0.39, 0.29) is 17.9 Å². The maximum absolute atomic E-state index is 12.8. The SMILES string of the molecule is CCC(=O)N1CCc2ccc(O[C@@H](C)C(=O)NCc3ccccc3)cc2[C@@H]1c1ccc(C)cc1. The molecule has 176 valence electrons. The lowest BCUT2D eigenvalue weighted by Crippen LogP contribution is -2.40. The van der Waals surface area contributed by atoms with Crippen LogP contribution in [0.1, 0.15) is 54.1 Å².